The molecule has 0 atom stereocenters. The van der Waals surface area contributed by atoms with Crippen LogP contribution in [-0.2, 0) is 6.54 Å². The average molecular weight is 249 g/mol. The van der Waals surface area contributed by atoms with Crippen LogP contribution in [0.25, 0.3) is 0 Å². The molecule has 0 saturated heterocycles. The van der Waals surface area contributed by atoms with E-state index in [0.717, 1.165) is 5.56 Å². The van der Waals surface area contributed by atoms with Gasteiger partial charge in [-0.2, -0.15) is 0 Å². The monoisotopic (exact) mass is 249 g/mol. The maximum atomic E-state index is 13.1. The maximum Gasteiger partial charge on any atom is 0.339 e. The lowest BCUT2D eigenvalue weighted by Gasteiger charge is -2.06. The Morgan fingerprint density at radius 3 is 2.89 bits per heavy atom. The number of carboxylic acids is 1. The van der Waals surface area contributed by atoms with Crippen LogP contribution < -0.4 is 5.32 Å². The average Bonchev–Trinajstić information content (AvgIpc) is 2.73. The predicted molar refractivity (Wildman–Crippen MR) is 64.1 cm³/mol. The zero-order chi connectivity index (χ0) is 13.1. The summed E-state index contributed by atoms with van der Waals surface area (Å²) in [6.07, 6.45) is 1.32. The van der Waals surface area contributed by atoms with E-state index in [4.69, 9.17) is 9.52 Å². The minimum absolute atomic E-state index is 0.107. The van der Waals surface area contributed by atoms with Gasteiger partial charge in [0.05, 0.1) is 12.8 Å². The van der Waals surface area contributed by atoms with Gasteiger partial charge in [0.25, 0.3) is 0 Å². The van der Waals surface area contributed by atoms with Gasteiger partial charge in [-0.15, -0.1) is 0 Å². The summed E-state index contributed by atoms with van der Waals surface area (Å²) < 4.78 is 18.2. The molecule has 94 valence electrons. The Bertz CT molecular complexity index is 557. The summed E-state index contributed by atoms with van der Waals surface area (Å²) >= 11 is 0. The fourth-order valence-electron chi connectivity index (χ4n) is 1.69. The minimum Gasteiger partial charge on any atom is -0.478 e. The number of benzene rings is 1. The van der Waals surface area contributed by atoms with E-state index in [9.17, 15) is 9.18 Å². The van der Waals surface area contributed by atoms with Crippen molar-refractivity contribution in [2.75, 3.05) is 5.32 Å². The quantitative estimate of drug-likeness (QED) is 0.874. The molecule has 0 bridgehead atoms. The molecule has 0 saturated carbocycles. The first-order chi connectivity index (χ1) is 8.56. The third-order valence-corrected chi connectivity index (χ3v) is 2.47. The van der Waals surface area contributed by atoms with Crippen molar-refractivity contribution in [2.45, 2.75) is 13.5 Å². The van der Waals surface area contributed by atoms with Crippen LogP contribution >= 0.6 is 0 Å². The van der Waals surface area contributed by atoms with Gasteiger partial charge in [0.15, 0.2) is 0 Å². The predicted octanol–water partition coefficient (Wildman–Crippen LogP) is 3.04. The number of aromatic carboxylic acids is 1. The Balaban J connectivity index is 2.11. The van der Waals surface area contributed by atoms with E-state index < -0.39 is 5.97 Å². The molecule has 0 radical (unpaired) electrons. The first-order valence-electron chi connectivity index (χ1n) is 5.37. The Kier molecular flexibility index (Phi) is 3.32. The number of anilines is 1. The molecule has 0 aliphatic heterocycles. The molecule has 4 nitrogen and oxygen atoms in total. The van der Waals surface area contributed by atoms with Gasteiger partial charge >= 0.3 is 5.97 Å². The van der Waals surface area contributed by atoms with Gasteiger partial charge in [-0.25, -0.2) is 9.18 Å². The maximum absolute atomic E-state index is 13.1. The van der Waals surface area contributed by atoms with E-state index in [-0.39, 0.29) is 17.9 Å². The number of furan rings is 1. The second kappa shape index (κ2) is 4.91. The van der Waals surface area contributed by atoms with Crippen LogP contribution in [0.15, 0.2) is 34.9 Å². The molecule has 1 aromatic carbocycles. The zero-order valence-corrected chi connectivity index (χ0v) is 9.74. The number of hydrogen-bond acceptors (Lipinski definition) is 3. The molecule has 0 spiro atoms. The molecule has 0 unspecified atom stereocenters. The molecule has 18 heavy (non-hydrogen) atoms. The van der Waals surface area contributed by atoms with Crippen LogP contribution in [0.2, 0.25) is 0 Å². The fourth-order valence-corrected chi connectivity index (χ4v) is 1.69. The molecule has 2 rings (SSSR count). The van der Waals surface area contributed by atoms with Crippen molar-refractivity contribution in [3.05, 3.63) is 53.2 Å². The third-order valence-electron chi connectivity index (χ3n) is 2.47. The van der Waals surface area contributed by atoms with E-state index in [1.165, 1.54) is 24.5 Å². The largest absolute Gasteiger partial charge is 0.478 e. The zero-order valence-electron chi connectivity index (χ0n) is 9.74. The summed E-state index contributed by atoms with van der Waals surface area (Å²) in [5.74, 6) is -1.07. The normalized spacial score (nSPS) is 10.3. The van der Waals surface area contributed by atoms with Crippen molar-refractivity contribution in [1.29, 1.82) is 0 Å². The summed E-state index contributed by atoms with van der Waals surface area (Å²) in [5.41, 5.74) is 1.48. The SMILES string of the molecule is Cc1cc(F)cc(NCc2occc2C(=O)O)c1. The topological polar surface area (TPSA) is 62.5 Å². The first-order valence-corrected chi connectivity index (χ1v) is 5.37. The number of halogens is 1. The van der Waals surface area contributed by atoms with E-state index in [0.29, 0.717) is 11.4 Å². The van der Waals surface area contributed by atoms with Crippen LogP contribution in [0, 0.1) is 12.7 Å². The summed E-state index contributed by atoms with van der Waals surface area (Å²) in [7, 11) is 0. The standard InChI is InChI=1S/C13H12FNO3/c1-8-4-9(14)6-10(5-8)15-7-12-11(13(16)17)2-3-18-12/h2-6,15H,7H2,1H3,(H,16,17). The third kappa shape index (κ3) is 2.68. The highest BCUT2D eigenvalue weighted by molar-refractivity contribution is 5.88. The number of rotatable bonds is 4. The highest BCUT2D eigenvalue weighted by atomic mass is 19.1. The lowest BCUT2D eigenvalue weighted by molar-refractivity contribution is 0.0694. The molecular formula is C13H12FNO3. The van der Waals surface area contributed by atoms with Crippen LogP contribution in [0.3, 0.4) is 0 Å². The fraction of sp³-hybridized carbons (Fsp3) is 0.154. The highest BCUT2D eigenvalue weighted by Gasteiger charge is 2.12. The number of carboxylic acid groups (broad SMARTS) is 1. The van der Waals surface area contributed by atoms with Gasteiger partial charge in [0.1, 0.15) is 17.1 Å². The number of carbonyl (C=O) groups is 1. The van der Waals surface area contributed by atoms with Crippen LogP contribution in [0.5, 0.6) is 0 Å². The molecule has 0 aliphatic carbocycles. The van der Waals surface area contributed by atoms with Gasteiger partial charge in [-0.3, -0.25) is 0 Å². The van der Waals surface area contributed by atoms with E-state index in [1.54, 1.807) is 13.0 Å². The van der Waals surface area contributed by atoms with Gasteiger partial charge in [0.2, 0.25) is 0 Å². The van der Waals surface area contributed by atoms with Crippen molar-refractivity contribution in [1.82, 2.24) is 0 Å². The lowest BCUT2D eigenvalue weighted by Crippen LogP contribution is -2.05. The number of hydrogen-bond donors (Lipinski definition) is 2. The van der Waals surface area contributed by atoms with Crippen molar-refractivity contribution in [3.63, 3.8) is 0 Å². The van der Waals surface area contributed by atoms with E-state index in [2.05, 4.69) is 5.32 Å². The van der Waals surface area contributed by atoms with Crippen molar-refractivity contribution in [3.8, 4) is 0 Å². The molecule has 1 aromatic heterocycles. The molecule has 2 N–H and O–H groups in total. The Hall–Kier alpha value is -2.30. The summed E-state index contributed by atoms with van der Waals surface area (Å²) in [6.45, 7) is 1.97. The molecule has 0 fully saturated rings. The van der Waals surface area contributed by atoms with Crippen LogP contribution in [0.1, 0.15) is 21.7 Å². The van der Waals surface area contributed by atoms with E-state index >= 15 is 0 Å². The second-order valence-corrected chi connectivity index (χ2v) is 3.93. The van der Waals surface area contributed by atoms with Crippen LogP contribution in [-0.4, -0.2) is 11.1 Å². The van der Waals surface area contributed by atoms with E-state index in [1.807, 2.05) is 0 Å². The van der Waals surface area contributed by atoms with Crippen LogP contribution in [0.4, 0.5) is 10.1 Å². The molecule has 2 aromatic rings. The van der Waals surface area contributed by atoms with Gasteiger partial charge in [0, 0.05) is 5.69 Å². The van der Waals surface area contributed by atoms with Crippen molar-refractivity contribution >= 4 is 11.7 Å². The summed E-state index contributed by atoms with van der Waals surface area (Å²) in [4.78, 5) is 10.9. The molecule has 1 heterocycles. The van der Waals surface area contributed by atoms with Gasteiger partial charge in [-0.1, -0.05) is 0 Å². The minimum atomic E-state index is -1.05. The lowest BCUT2D eigenvalue weighted by atomic mass is 10.2. The summed E-state index contributed by atoms with van der Waals surface area (Å²) in [5, 5.41) is 11.8. The summed E-state index contributed by atoms with van der Waals surface area (Å²) in [6, 6.07) is 5.92. The molecular weight excluding hydrogens is 237 g/mol. The van der Waals surface area contributed by atoms with Crippen molar-refractivity contribution < 1.29 is 18.7 Å². The molecule has 0 aliphatic rings. The molecule has 0 amide bonds. The first kappa shape index (κ1) is 12.2. The van der Waals surface area contributed by atoms with Crippen molar-refractivity contribution in [2.24, 2.45) is 0 Å². The Morgan fingerprint density at radius 2 is 2.22 bits per heavy atom. The number of aryl methyl sites for hydroxylation is 1. The molecule has 5 heteroatoms. The van der Waals surface area contributed by atoms with Gasteiger partial charge in [-0.05, 0) is 36.8 Å². The highest BCUT2D eigenvalue weighted by Crippen LogP contribution is 2.16. The van der Waals surface area contributed by atoms with Gasteiger partial charge < -0.3 is 14.8 Å². The number of nitrogens with one attached hydrogen (secondary N) is 1. The smallest absolute Gasteiger partial charge is 0.339 e. The Morgan fingerprint density at radius 1 is 1.44 bits per heavy atom. The second-order valence-electron chi connectivity index (χ2n) is 3.93. The Labute approximate surface area is 103 Å².